The molecule has 0 bridgehead atoms. The van der Waals surface area contributed by atoms with Crippen molar-refractivity contribution in [1.29, 1.82) is 0 Å². The molecule has 0 aliphatic heterocycles. The predicted molar refractivity (Wildman–Crippen MR) is 75.8 cm³/mol. The fraction of sp³-hybridized carbons (Fsp3) is 0.538. The van der Waals surface area contributed by atoms with Crippen LogP contribution < -0.4 is 5.56 Å². The van der Waals surface area contributed by atoms with Gasteiger partial charge < -0.3 is 4.98 Å². The molecule has 18 heavy (non-hydrogen) atoms. The number of aryl methyl sites for hydroxylation is 2. The molecule has 1 aliphatic rings. The lowest BCUT2D eigenvalue weighted by atomic mass is 10.1. The molecule has 1 aliphatic carbocycles. The predicted octanol–water partition coefficient (Wildman–Crippen LogP) is 3.55. The van der Waals surface area contributed by atoms with Crippen molar-refractivity contribution in [1.82, 2.24) is 9.97 Å². The van der Waals surface area contributed by atoms with E-state index in [1.165, 1.54) is 29.7 Å². The number of hydrogen-bond donors (Lipinski definition) is 1. The Kier molecular flexibility index (Phi) is 3.16. The lowest BCUT2D eigenvalue weighted by Gasteiger charge is -2.02. The van der Waals surface area contributed by atoms with Crippen LogP contribution in [0.25, 0.3) is 10.2 Å². The minimum Gasteiger partial charge on any atom is -0.309 e. The highest BCUT2D eigenvalue weighted by atomic mass is 35.5. The number of nitrogens with one attached hydrogen (secondary N) is 1. The second kappa shape index (κ2) is 4.67. The average Bonchev–Trinajstić information content (AvgIpc) is 2.52. The van der Waals surface area contributed by atoms with Gasteiger partial charge in [0.1, 0.15) is 10.7 Å². The molecular formula is C13H15ClN2OS. The van der Waals surface area contributed by atoms with Gasteiger partial charge in [-0.25, -0.2) is 4.98 Å². The highest BCUT2D eigenvalue weighted by molar-refractivity contribution is 7.18. The molecule has 0 fully saturated rings. The summed E-state index contributed by atoms with van der Waals surface area (Å²) < 4.78 is 0. The van der Waals surface area contributed by atoms with Crippen LogP contribution in [-0.4, -0.2) is 9.97 Å². The van der Waals surface area contributed by atoms with Gasteiger partial charge in [0.25, 0.3) is 5.56 Å². The molecule has 0 radical (unpaired) electrons. The van der Waals surface area contributed by atoms with Crippen molar-refractivity contribution in [2.45, 2.75) is 44.4 Å². The van der Waals surface area contributed by atoms with E-state index < -0.39 is 0 Å². The minimum absolute atomic E-state index is 0.0260. The van der Waals surface area contributed by atoms with Crippen LogP contribution >= 0.6 is 22.9 Å². The maximum Gasteiger partial charge on any atom is 0.259 e. The molecule has 1 atom stereocenters. The first-order valence-corrected chi connectivity index (χ1v) is 7.60. The third-order valence-corrected chi connectivity index (χ3v) is 4.86. The summed E-state index contributed by atoms with van der Waals surface area (Å²) in [7, 11) is 0. The van der Waals surface area contributed by atoms with Gasteiger partial charge in [-0.1, -0.05) is 6.42 Å². The molecule has 5 heteroatoms. The summed E-state index contributed by atoms with van der Waals surface area (Å²) in [5.41, 5.74) is 1.21. The van der Waals surface area contributed by atoms with E-state index in [-0.39, 0.29) is 10.9 Å². The van der Waals surface area contributed by atoms with E-state index in [1.54, 1.807) is 11.3 Å². The summed E-state index contributed by atoms with van der Waals surface area (Å²) in [5, 5.41) is 0.543. The van der Waals surface area contributed by atoms with Crippen LogP contribution in [0.4, 0.5) is 0 Å². The van der Waals surface area contributed by atoms with Crippen molar-refractivity contribution in [3.05, 3.63) is 26.6 Å². The molecule has 1 N–H and O–H groups in total. The highest BCUT2D eigenvalue weighted by Gasteiger charge is 2.19. The van der Waals surface area contributed by atoms with Gasteiger partial charge in [0.2, 0.25) is 0 Å². The number of rotatable bonds is 1. The van der Waals surface area contributed by atoms with E-state index in [4.69, 9.17) is 11.6 Å². The molecule has 0 amide bonds. The van der Waals surface area contributed by atoms with Crippen molar-refractivity contribution in [3.8, 4) is 0 Å². The number of H-pyrrole nitrogens is 1. The normalized spacial score (nSPS) is 17.4. The van der Waals surface area contributed by atoms with E-state index >= 15 is 0 Å². The van der Waals surface area contributed by atoms with Crippen LogP contribution in [-0.2, 0) is 12.8 Å². The first kappa shape index (κ1) is 12.2. The maximum absolute atomic E-state index is 12.2. The largest absolute Gasteiger partial charge is 0.309 e. The standard InChI is InChI=1S/C13H15ClN2OS/c1-7(14)11-15-12(17)10-8-5-3-2-4-6-9(8)18-13(10)16-11/h7H,2-6H2,1H3,(H,15,16,17). The minimum atomic E-state index is -0.260. The lowest BCUT2D eigenvalue weighted by molar-refractivity contribution is 0.713. The van der Waals surface area contributed by atoms with Crippen LogP contribution in [0.2, 0.25) is 0 Å². The van der Waals surface area contributed by atoms with Crippen molar-refractivity contribution in [2.24, 2.45) is 0 Å². The van der Waals surface area contributed by atoms with Crippen molar-refractivity contribution < 1.29 is 0 Å². The Morgan fingerprint density at radius 2 is 2.11 bits per heavy atom. The third-order valence-electron chi connectivity index (χ3n) is 3.47. The van der Waals surface area contributed by atoms with Crippen LogP contribution in [0, 0.1) is 0 Å². The molecule has 96 valence electrons. The van der Waals surface area contributed by atoms with Gasteiger partial charge in [0, 0.05) is 4.88 Å². The molecule has 1 unspecified atom stereocenters. The van der Waals surface area contributed by atoms with E-state index in [2.05, 4.69) is 9.97 Å². The van der Waals surface area contributed by atoms with Crippen LogP contribution in [0.15, 0.2) is 4.79 Å². The Labute approximate surface area is 114 Å². The monoisotopic (exact) mass is 282 g/mol. The SMILES string of the molecule is CC(Cl)c1nc2sc3c(c2c(=O)[nH]1)CCCCC3. The smallest absolute Gasteiger partial charge is 0.259 e. The van der Waals surface area contributed by atoms with E-state index in [0.717, 1.165) is 23.1 Å². The molecule has 0 spiro atoms. The number of thiophene rings is 1. The molecule has 0 aromatic carbocycles. The molecule has 3 rings (SSSR count). The van der Waals surface area contributed by atoms with E-state index in [1.807, 2.05) is 6.92 Å². The van der Waals surface area contributed by atoms with Gasteiger partial charge in [-0.2, -0.15) is 0 Å². The Morgan fingerprint density at radius 3 is 2.89 bits per heavy atom. The molecule has 0 saturated heterocycles. The number of hydrogen-bond acceptors (Lipinski definition) is 3. The topological polar surface area (TPSA) is 45.8 Å². The van der Waals surface area contributed by atoms with Crippen molar-refractivity contribution in [3.63, 3.8) is 0 Å². The average molecular weight is 283 g/mol. The first-order chi connectivity index (χ1) is 8.66. The van der Waals surface area contributed by atoms with Crippen LogP contribution in [0.3, 0.4) is 0 Å². The Hall–Kier alpha value is -0.870. The van der Waals surface area contributed by atoms with Gasteiger partial charge in [-0.15, -0.1) is 22.9 Å². The van der Waals surface area contributed by atoms with Crippen LogP contribution in [0.5, 0.6) is 0 Å². The first-order valence-electron chi connectivity index (χ1n) is 6.35. The van der Waals surface area contributed by atoms with Gasteiger partial charge in [0.15, 0.2) is 0 Å². The summed E-state index contributed by atoms with van der Waals surface area (Å²) in [6.45, 7) is 1.82. The third kappa shape index (κ3) is 1.97. The van der Waals surface area contributed by atoms with E-state index in [0.29, 0.717) is 5.82 Å². The number of aromatic nitrogens is 2. The van der Waals surface area contributed by atoms with Gasteiger partial charge in [-0.05, 0) is 38.2 Å². The van der Waals surface area contributed by atoms with Crippen molar-refractivity contribution in [2.75, 3.05) is 0 Å². The summed E-state index contributed by atoms with van der Waals surface area (Å²) in [6.07, 6.45) is 5.74. The Balaban J connectivity index is 2.26. The highest BCUT2D eigenvalue weighted by Crippen LogP contribution is 2.33. The lowest BCUT2D eigenvalue weighted by Crippen LogP contribution is -2.12. The molecule has 0 saturated carbocycles. The van der Waals surface area contributed by atoms with Crippen molar-refractivity contribution >= 4 is 33.2 Å². The Bertz CT molecular complexity index is 644. The van der Waals surface area contributed by atoms with Gasteiger partial charge in [0.05, 0.1) is 10.8 Å². The fourth-order valence-corrected chi connectivity index (χ4v) is 3.92. The van der Waals surface area contributed by atoms with E-state index in [9.17, 15) is 4.79 Å². The zero-order valence-corrected chi connectivity index (χ0v) is 11.8. The quantitative estimate of drug-likeness (QED) is 0.642. The van der Waals surface area contributed by atoms with Crippen LogP contribution in [0.1, 0.15) is 47.8 Å². The fourth-order valence-electron chi connectivity index (χ4n) is 2.55. The van der Waals surface area contributed by atoms with Gasteiger partial charge in [-0.3, -0.25) is 4.79 Å². The summed E-state index contributed by atoms with van der Waals surface area (Å²) in [5.74, 6) is 0.575. The summed E-state index contributed by atoms with van der Waals surface area (Å²) in [4.78, 5) is 21.7. The molecular weight excluding hydrogens is 268 g/mol. The number of alkyl halides is 1. The number of nitrogens with zero attached hydrogens (tertiary/aromatic N) is 1. The molecule has 3 nitrogen and oxygen atoms in total. The second-order valence-electron chi connectivity index (χ2n) is 4.81. The zero-order chi connectivity index (χ0) is 12.7. The maximum atomic E-state index is 12.2. The number of halogens is 1. The zero-order valence-electron chi connectivity index (χ0n) is 10.3. The van der Waals surface area contributed by atoms with Gasteiger partial charge >= 0.3 is 0 Å². The molecule has 2 heterocycles. The summed E-state index contributed by atoms with van der Waals surface area (Å²) >= 11 is 7.67. The second-order valence-corrected chi connectivity index (χ2v) is 6.55. The molecule has 2 aromatic heterocycles. The summed E-state index contributed by atoms with van der Waals surface area (Å²) in [6, 6.07) is 0. The number of fused-ring (bicyclic) bond motifs is 3. The number of aromatic amines is 1. The Morgan fingerprint density at radius 1 is 1.33 bits per heavy atom. The molecule has 2 aromatic rings.